The summed E-state index contributed by atoms with van der Waals surface area (Å²) in [4.78, 5) is 28.3. The maximum atomic E-state index is 14.6. The third-order valence-electron chi connectivity index (χ3n) is 6.71. The number of aryl methyl sites for hydroxylation is 2. The van der Waals surface area contributed by atoms with Crippen LogP contribution in [0.5, 0.6) is 0 Å². The van der Waals surface area contributed by atoms with Crippen molar-refractivity contribution in [3.05, 3.63) is 95.3 Å². The monoisotopic (exact) mass is 553 g/mol. The predicted octanol–water partition coefficient (Wildman–Crippen LogP) is 4.97. The van der Waals surface area contributed by atoms with Gasteiger partial charge >= 0.3 is 0 Å². The third-order valence-corrected chi connectivity index (χ3v) is 8.48. The molecule has 0 saturated carbocycles. The molecule has 0 spiro atoms. The maximum absolute atomic E-state index is 14.6. The number of amides is 2. The van der Waals surface area contributed by atoms with Gasteiger partial charge in [0, 0.05) is 18.2 Å². The van der Waals surface area contributed by atoms with Crippen molar-refractivity contribution < 1.29 is 22.4 Å². The number of benzene rings is 3. The van der Waals surface area contributed by atoms with Gasteiger partial charge in [-0.25, -0.2) is 12.8 Å². The highest BCUT2D eigenvalue weighted by Crippen LogP contribution is 2.28. The van der Waals surface area contributed by atoms with Crippen LogP contribution >= 0.6 is 0 Å². The van der Waals surface area contributed by atoms with E-state index in [-0.39, 0.29) is 23.0 Å². The SMILES string of the molecule is CC[C@H](C)NC(=O)[C@@H](C)N(Cc1ccccc1F)C(=O)CN(c1cc(C)ccc1C)S(=O)(=O)c1ccccc1. The van der Waals surface area contributed by atoms with Crippen LogP contribution < -0.4 is 9.62 Å². The first-order valence-corrected chi connectivity index (χ1v) is 14.4. The van der Waals surface area contributed by atoms with E-state index in [0.29, 0.717) is 17.7 Å². The second-order valence-electron chi connectivity index (χ2n) is 9.72. The Kier molecular flexibility index (Phi) is 9.86. The predicted molar refractivity (Wildman–Crippen MR) is 151 cm³/mol. The second kappa shape index (κ2) is 12.9. The van der Waals surface area contributed by atoms with Gasteiger partial charge in [0.1, 0.15) is 18.4 Å². The van der Waals surface area contributed by atoms with E-state index in [1.165, 1.54) is 29.2 Å². The lowest BCUT2D eigenvalue weighted by molar-refractivity contribution is -0.139. The van der Waals surface area contributed by atoms with Crippen molar-refractivity contribution in [1.82, 2.24) is 10.2 Å². The summed E-state index contributed by atoms with van der Waals surface area (Å²) in [5.41, 5.74) is 2.06. The smallest absolute Gasteiger partial charge is 0.264 e. The van der Waals surface area contributed by atoms with Crippen molar-refractivity contribution in [3.63, 3.8) is 0 Å². The molecule has 1 N–H and O–H groups in total. The van der Waals surface area contributed by atoms with Crippen LogP contribution in [0.15, 0.2) is 77.7 Å². The fourth-order valence-electron chi connectivity index (χ4n) is 4.08. The van der Waals surface area contributed by atoms with Crippen molar-refractivity contribution in [3.8, 4) is 0 Å². The average Bonchev–Trinajstić information content (AvgIpc) is 2.92. The standard InChI is InChI=1S/C30H36FN3O4S/c1-6-23(4)32-30(36)24(5)33(19-25-12-10-11-15-27(25)31)29(35)20-34(28-18-21(2)16-17-22(28)3)39(37,38)26-13-8-7-9-14-26/h7-18,23-24H,6,19-20H2,1-5H3,(H,32,36)/t23-,24+/m0/s1. The Balaban J connectivity index is 2.07. The number of hydrogen-bond donors (Lipinski definition) is 1. The van der Waals surface area contributed by atoms with Crippen LogP contribution in [0.3, 0.4) is 0 Å². The van der Waals surface area contributed by atoms with Gasteiger partial charge in [-0.1, -0.05) is 55.5 Å². The Morgan fingerprint density at radius 3 is 2.23 bits per heavy atom. The highest BCUT2D eigenvalue weighted by molar-refractivity contribution is 7.92. The van der Waals surface area contributed by atoms with E-state index in [1.54, 1.807) is 56.3 Å². The number of halogens is 1. The molecule has 39 heavy (non-hydrogen) atoms. The van der Waals surface area contributed by atoms with E-state index in [4.69, 9.17) is 0 Å². The van der Waals surface area contributed by atoms with Gasteiger partial charge in [-0.15, -0.1) is 0 Å². The number of nitrogens with one attached hydrogen (secondary N) is 1. The number of carbonyl (C=O) groups excluding carboxylic acids is 2. The van der Waals surface area contributed by atoms with Crippen LogP contribution in [0.2, 0.25) is 0 Å². The lowest BCUT2D eigenvalue weighted by Gasteiger charge is -2.33. The van der Waals surface area contributed by atoms with E-state index in [1.807, 2.05) is 26.8 Å². The Bertz CT molecular complexity index is 1410. The van der Waals surface area contributed by atoms with Crippen LogP contribution in [0.4, 0.5) is 10.1 Å². The molecule has 0 aliphatic carbocycles. The van der Waals surface area contributed by atoms with Gasteiger partial charge < -0.3 is 10.2 Å². The fraction of sp³-hybridized carbons (Fsp3) is 0.333. The molecule has 0 heterocycles. The summed E-state index contributed by atoms with van der Waals surface area (Å²) in [5, 5.41) is 2.86. The number of nitrogens with zero attached hydrogens (tertiary/aromatic N) is 2. The summed E-state index contributed by atoms with van der Waals surface area (Å²) in [7, 11) is -4.16. The first-order chi connectivity index (χ1) is 18.4. The summed E-state index contributed by atoms with van der Waals surface area (Å²) in [6.07, 6.45) is 0.690. The van der Waals surface area contributed by atoms with Crippen molar-refractivity contribution in [2.45, 2.75) is 64.6 Å². The lowest BCUT2D eigenvalue weighted by Crippen LogP contribution is -2.52. The van der Waals surface area contributed by atoms with Crippen molar-refractivity contribution >= 4 is 27.5 Å². The molecule has 2 amide bonds. The number of carbonyl (C=O) groups is 2. The lowest BCUT2D eigenvalue weighted by atomic mass is 10.1. The molecule has 3 aromatic carbocycles. The molecule has 0 saturated heterocycles. The summed E-state index contributed by atoms with van der Waals surface area (Å²) >= 11 is 0. The van der Waals surface area contributed by atoms with Crippen LogP contribution in [-0.4, -0.2) is 43.8 Å². The summed E-state index contributed by atoms with van der Waals surface area (Å²) in [5.74, 6) is -1.56. The van der Waals surface area contributed by atoms with Gasteiger partial charge in [-0.2, -0.15) is 0 Å². The van der Waals surface area contributed by atoms with Gasteiger partial charge in [0.15, 0.2) is 0 Å². The summed E-state index contributed by atoms with van der Waals surface area (Å²) in [6.45, 7) is 8.17. The Labute approximate surface area is 230 Å². The van der Waals surface area contributed by atoms with E-state index < -0.39 is 40.2 Å². The zero-order valence-corrected chi connectivity index (χ0v) is 23.8. The Morgan fingerprint density at radius 1 is 0.949 bits per heavy atom. The molecule has 0 bridgehead atoms. The van der Waals surface area contributed by atoms with E-state index in [0.717, 1.165) is 9.87 Å². The zero-order chi connectivity index (χ0) is 28.7. The van der Waals surface area contributed by atoms with E-state index in [2.05, 4.69) is 5.32 Å². The van der Waals surface area contributed by atoms with Gasteiger partial charge in [0.2, 0.25) is 11.8 Å². The largest absolute Gasteiger partial charge is 0.352 e. The molecule has 0 aromatic heterocycles. The van der Waals surface area contributed by atoms with Gasteiger partial charge in [-0.05, 0) is 69.5 Å². The highest BCUT2D eigenvalue weighted by Gasteiger charge is 2.33. The first kappa shape index (κ1) is 29.8. The molecule has 0 fully saturated rings. The van der Waals surface area contributed by atoms with Crippen LogP contribution in [0.1, 0.15) is 43.9 Å². The van der Waals surface area contributed by atoms with Gasteiger partial charge in [-0.3, -0.25) is 13.9 Å². The van der Waals surface area contributed by atoms with Crippen LogP contribution in [0.25, 0.3) is 0 Å². The molecule has 3 rings (SSSR count). The topological polar surface area (TPSA) is 86.8 Å². The molecule has 0 unspecified atom stereocenters. The van der Waals surface area contributed by atoms with Gasteiger partial charge in [0.25, 0.3) is 10.0 Å². The number of anilines is 1. The Morgan fingerprint density at radius 2 is 1.59 bits per heavy atom. The first-order valence-electron chi connectivity index (χ1n) is 12.9. The molecular weight excluding hydrogens is 517 g/mol. The van der Waals surface area contributed by atoms with Gasteiger partial charge in [0.05, 0.1) is 10.6 Å². The molecule has 0 aliphatic rings. The minimum atomic E-state index is -4.16. The Hall–Kier alpha value is -3.72. The summed E-state index contributed by atoms with van der Waals surface area (Å²) in [6, 6.07) is 18.1. The number of rotatable bonds is 11. The maximum Gasteiger partial charge on any atom is 0.264 e. The van der Waals surface area contributed by atoms with Crippen LogP contribution in [0, 0.1) is 19.7 Å². The average molecular weight is 554 g/mol. The van der Waals surface area contributed by atoms with E-state index in [9.17, 15) is 22.4 Å². The summed E-state index contributed by atoms with van der Waals surface area (Å²) < 4.78 is 43.4. The third kappa shape index (κ3) is 7.23. The van der Waals surface area contributed by atoms with Crippen molar-refractivity contribution in [2.24, 2.45) is 0 Å². The molecule has 0 radical (unpaired) electrons. The van der Waals surface area contributed by atoms with E-state index >= 15 is 0 Å². The molecule has 2 atom stereocenters. The van der Waals surface area contributed by atoms with Crippen molar-refractivity contribution in [2.75, 3.05) is 10.8 Å². The molecule has 3 aromatic rings. The normalized spacial score (nSPS) is 12.9. The molecule has 9 heteroatoms. The number of sulfonamides is 1. The zero-order valence-electron chi connectivity index (χ0n) is 23.0. The molecular formula is C30H36FN3O4S. The fourth-order valence-corrected chi connectivity index (χ4v) is 5.57. The molecule has 7 nitrogen and oxygen atoms in total. The van der Waals surface area contributed by atoms with Crippen molar-refractivity contribution in [1.29, 1.82) is 0 Å². The minimum absolute atomic E-state index is 0.0296. The number of hydrogen-bond acceptors (Lipinski definition) is 4. The quantitative estimate of drug-likeness (QED) is 0.363. The highest BCUT2D eigenvalue weighted by atomic mass is 32.2. The molecule has 208 valence electrons. The molecule has 0 aliphatic heterocycles. The van der Waals surface area contributed by atoms with Crippen LogP contribution in [-0.2, 0) is 26.2 Å². The second-order valence-corrected chi connectivity index (χ2v) is 11.6. The minimum Gasteiger partial charge on any atom is -0.352 e.